The Balaban J connectivity index is 1.53. The first-order chi connectivity index (χ1) is 17.0. The molecule has 0 radical (unpaired) electrons. The molecule has 2 N–H and O–H groups in total. The van der Waals surface area contributed by atoms with Crippen molar-refractivity contribution in [3.8, 4) is 0 Å². The van der Waals surface area contributed by atoms with Crippen molar-refractivity contribution in [1.29, 1.82) is 0 Å². The molecule has 0 bridgehead atoms. The van der Waals surface area contributed by atoms with Crippen LogP contribution in [-0.2, 0) is 9.59 Å². The van der Waals surface area contributed by atoms with Crippen LogP contribution in [0.5, 0.6) is 0 Å². The average molecular weight is 477 g/mol. The van der Waals surface area contributed by atoms with E-state index in [2.05, 4.69) is 59.0 Å². The summed E-state index contributed by atoms with van der Waals surface area (Å²) in [6.45, 7) is 2.57. The molecule has 1 aliphatic heterocycles. The number of hydrogen-bond donors (Lipinski definition) is 2. The van der Waals surface area contributed by atoms with Gasteiger partial charge in [0.15, 0.2) is 0 Å². The van der Waals surface area contributed by atoms with Gasteiger partial charge in [-0.05, 0) is 69.0 Å². The quantitative estimate of drug-likeness (QED) is 0.546. The predicted octanol–water partition coefficient (Wildman–Crippen LogP) is 4.79. The van der Waals surface area contributed by atoms with Crippen LogP contribution in [0.25, 0.3) is 0 Å². The third kappa shape index (κ3) is 6.04. The van der Waals surface area contributed by atoms with Gasteiger partial charge in [-0.25, -0.2) is 0 Å². The van der Waals surface area contributed by atoms with Gasteiger partial charge in [-0.1, -0.05) is 56.0 Å². The van der Waals surface area contributed by atoms with Gasteiger partial charge in [-0.15, -0.1) is 0 Å². The number of carbonyl (C=O) groups is 2. The van der Waals surface area contributed by atoms with Gasteiger partial charge in [-0.2, -0.15) is 0 Å². The van der Waals surface area contributed by atoms with Crippen LogP contribution in [0.2, 0.25) is 0 Å². The molecule has 1 saturated carbocycles. The third-order valence-corrected chi connectivity index (χ3v) is 7.81. The first-order valence-electron chi connectivity index (χ1n) is 13.1. The molecular weight excluding hydrogens is 436 g/mol. The fourth-order valence-electron chi connectivity index (χ4n) is 5.55. The number of carbonyl (C=O) groups excluding carboxylic acids is 2. The number of likely N-dealkylation sites (tertiary alicyclic amines) is 1. The fraction of sp³-hybridized carbons (Fsp3) is 0.517. The van der Waals surface area contributed by atoms with Gasteiger partial charge in [0, 0.05) is 25.0 Å². The zero-order chi connectivity index (χ0) is 24.8. The fourth-order valence-corrected chi connectivity index (χ4v) is 5.55. The van der Waals surface area contributed by atoms with Crippen molar-refractivity contribution in [3.63, 3.8) is 0 Å². The zero-order valence-corrected chi connectivity index (χ0v) is 21.4. The maximum Gasteiger partial charge on any atom is 0.245 e. The van der Waals surface area contributed by atoms with Crippen molar-refractivity contribution in [2.45, 2.75) is 70.0 Å². The molecular formula is C29H40N4O2. The van der Waals surface area contributed by atoms with Crippen molar-refractivity contribution in [2.24, 2.45) is 5.92 Å². The largest absolute Gasteiger partial charge is 0.345 e. The highest BCUT2D eigenvalue weighted by Gasteiger charge is 2.36. The molecule has 0 unspecified atom stereocenters. The number of nitrogens with zero attached hydrogens (tertiary/aromatic N) is 2. The Hall–Kier alpha value is -2.86. The minimum Gasteiger partial charge on any atom is -0.345 e. The maximum absolute atomic E-state index is 13.9. The van der Waals surface area contributed by atoms with Crippen LogP contribution in [0.1, 0.15) is 63.5 Å². The topological polar surface area (TPSA) is 64.7 Å². The van der Waals surface area contributed by atoms with E-state index in [0.717, 1.165) is 55.6 Å². The molecule has 2 aliphatic rings. The molecule has 4 rings (SSSR count). The Labute approximate surface area is 210 Å². The predicted molar refractivity (Wildman–Crippen MR) is 142 cm³/mol. The molecule has 188 valence electrons. The van der Waals surface area contributed by atoms with Crippen molar-refractivity contribution in [3.05, 3.63) is 60.2 Å². The second-order valence-corrected chi connectivity index (χ2v) is 10.1. The summed E-state index contributed by atoms with van der Waals surface area (Å²) in [5.41, 5.74) is 3.39. The van der Waals surface area contributed by atoms with Crippen LogP contribution < -0.4 is 15.5 Å². The molecule has 1 saturated heterocycles. The van der Waals surface area contributed by atoms with Gasteiger partial charge in [0.25, 0.3) is 0 Å². The van der Waals surface area contributed by atoms with E-state index in [-0.39, 0.29) is 23.9 Å². The standard InChI is InChI=1S/C29H40N4O2/c1-21(30-2)28(34)31-26(19-22-11-7-8-12-22)29(35)33-18-10-17-27(33)23-13-9-16-25(20-23)32(3)24-14-5-4-6-15-24/h4-6,9,13-16,20-22,26-27,30H,7-8,10-12,17-19H2,1-3H3,(H,31,34)/t21-,26-,27-/m0/s1. The molecule has 2 fully saturated rings. The Morgan fingerprint density at radius 3 is 2.43 bits per heavy atom. The Bertz CT molecular complexity index is 989. The van der Waals surface area contributed by atoms with Crippen LogP contribution in [0.15, 0.2) is 54.6 Å². The van der Waals surface area contributed by atoms with Gasteiger partial charge in [0.05, 0.1) is 12.1 Å². The summed E-state index contributed by atoms with van der Waals surface area (Å²) in [4.78, 5) is 30.8. The van der Waals surface area contributed by atoms with Gasteiger partial charge in [-0.3, -0.25) is 9.59 Å². The first-order valence-corrected chi connectivity index (χ1v) is 13.1. The van der Waals surface area contributed by atoms with Crippen molar-refractivity contribution in [1.82, 2.24) is 15.5 Å². The van der Waals surface area contributed by atoms with Crippen LogP contribution >= 0.6 is 0 Å². The van der Waals surface area contributed by atoms with Crippen molar-refractivity contribution >= 4 is 23.2 Å². The second-order valence-electron chi connectivity index (χ2n) is 10.1. The van der Waals surface area contributed by atoms with E-state index in [4.69, 9.17) is 0 Å². The summed E-state index contributed by atoms with van der Waals surface area (Å²) < 4.78 is 0. The SMILES string of the molecule is CN[C@@H](C)C(=O)N[C@@H](CC1CCCC1)C(=O)N1CCC[C@H]1c1cccc(N(C)c2ccccc2)c1. The molecule has 35 heavy (non-hydrogen) atoms. The Morgan fingerprint density at radius 2 is 1.71 bits per heavy atom. The summed E-state index contributed by atoms with van der Waals surface area (Å²) in [5, 5.41) is 6.09. The highest BCUT2D eigenvalue weighted by Crippen LogP contribution is 2.36. The lowest BCUT2D eigenvalue weighted by Gasteiger charge is -2.32. The van der Waals surface area contributed by atoms with E-state index < -0.39 is 6.04 Å². The number of para-hydroxylation sites is 1. The number of nitrogens with one attached hydrogen (secondary N) is 2. The van der Waals surface area contributed by atoms with E-state index in [1.807, 2.05) is 30.0 Å². The lowest BCUT2D eigenvalue weighted by atomic mass is 9.96. The number of amides is 2. The lowest BCUT2D eigenvalue weighted by Crippen LogP contribution is -2.52. The smallest absolute Gasteiger partial charge is 0.245 e. The van der Waals surface area contributed by atoms with E-state index in [1.165, 1.54) is 12.8 Å². The van der Waals surface area contributed by atoms with Gasteiger partial charge < -0.3 is 20.4 Å². The van der Waals surface area contributed by atoms with Crippen molar-refractivity contribution in [2.75, 3.05) is 25.5 Å². The summed E-state index contributed by atoms with van der Waals surface area (Å²) in [7, 11) is 3.84. The van der Waals surface area contributed by atoms with Gasteiger partial charge in [0.2, 0.25) is 11.8 Å². The summed E-state index contributed by atoms with van der Waals surface area (Å²) >= 11 is 0. The molecule has 0 spiro atoms. The molecule has 1 heterocycles. The van der Waals surface area contributed by atoms with E-state index >= 15 is 0 Å². The summed E-state index contributed by atoms with van der Waals surface area (Å²) in [5.74, 6) is 0.474. The number of hydrogen-bond acceptors (Lipinski definition) is 4. The molecule has 2 aromatic rings. The minimum atomic E-state index is -0.461. The van der Waals surface area contributed by atoms with Crippen molar-refractivity contribution < 1.29 is 9.59 Å². The summed E-state index contributed by atoms with van der Waals surface area (Å²) in [6.07, 6.45) is 7.41. The van der Waals surface area contributed by atoms with E-state index in [9.17, 15) is 9.59 Å². The Kier molecular flexibility index (Phi) is 8.45. The normalized spacial score (nSPS) is 20.0. The number of likely N-dealkylation sites (N-methyl/N-ethyl adjacent to an activating group) is 1. The molecule has 2 amide bonds. The third-order valence-electron chi connectivity index (χ3n) is 7.81. The highest BCUT2D eigenvalue weighted by molar-refractivity contribution is 5.90. The molecule has 2 aromatic carbocycles. The number of rotatable bonds is 9. The van der Waals surface area contributed by atoms with Crippen LogP contribution in [-0.4, -0.2) is 49.4 Å². The van der Waals surface area contributed by atoms with E-state index in [0.29, 0.717) is 5.92 Å². The molecule has 0 aromatic heterocycles. The first kappa shape index (κ1) is 25.2. The minimum absolute atomic E-state index is 0.0383. The maximum atomic E-state index is 13.9. The van der Waals surface area contributed by atoms with Crippen LogP contribution in [0, 0.1) is 5.92 Å². The number of anilines is 2. The molecule has 3 atom stereocenters. The monoisotopic (exact) mass is 476 g/mol. The molecule has 1 aliphatic carbocycles. The van der Waals surface area contributed by atoms with Crippen LogP contribution in [0.3, 0.4) is 0 Å². The molecule has 6 heteroatoms. The van der Waals surface area contributed by atoms with E-state index in [1.54, 1.807) is 7.05 Å². The molecule has 6 nitrogen and oxygen atoms in total. The van der Waals surface area contributed by atoms with Gasteiger partial charge >= 0.3 is 0 Å². The van der Waals surface area contributed by atoms with Crippen LogP contribution in [0.4, 0.5) is 11.4 Å². The zero-order valence-electron chi connectivity index (χ0n) is 21.4. The lowest BCUT2D eigenvalue weighted by molar-refractivity contribution is -0.138. The second kappa shape index (κ2) is 11.7. The average Bonchev–Trinajstić information content (AvgIpc) is 3.60. The highest BCUT2D eigenvalue weighted by atomic mass is 16.2. The number of benzene rings is 2. The Morgan fingerprint density at radius 1 is 1.00 bits per heavy atom. The van der Waals surface area contributed by atoms with Gasteiger partial charge in [0.1, 0.15) is 6.04 Å². The summed E-state index contributed by atoms with van der Waals surface area (Å²) in [6, 6.07) is 18.1.